The van der Waals surface area contributed by atoms with Crippen molar-refractivity contribution in [3.8, 4) is 5.75 Å². The summed E-state index contributed by atoms with van der Waals surface area (Å²) in [5.41, 5.74) is 1.07. The number of alkyl halides is 2. The van der Waals surface area contributed by atoms with Gasteiger partial charge in [-0.15, -0.1) is 0 Å². The van der Waals surface area contributed by atoms with Crippen molar-refractivity contribution >= 4 is 40.1 Å². The van der Waals surface area contributed by atoms with Crippen LogP contribution in [-0.2, 0) is 0 Å². The van der Waals surface area contributed by atoms with E-state index in [1.165, 1.54) is 18.5 Å². The second-order valence-electron chi connectivity index (χ2n) is 7.82. The number of nitrogens with one attached hydrogen (secondary N) is 2. The summed E-state index contributed by atoms with van der Waals surface area (Å²) in [7, 11) is 0. The van der Waals surface area contributed by atoms with Gasteiger partial charge in [-0.2, -0.15) is 0 Å². The number of halogens is 4. The Labute approximate surface area is 186 Å². The minimum Gasteiger partial charge on any atom is -0.486 e. The van der Waals surface area contributed by atoms with Crippen molar-refractivity contribution in [3.63, 3.8) is 0 Å². The molecule has 12 heteroatoms. The number of hydrogen-bond donors (Lipinski definition) is 2. The molecule has 1 saturated heterocycles. The molecular weight excluding hydrogens is 447 g/mol. The Morgan fingerprint density at radius 2 is 2.09 bits per heavy atom. The second-order valence-corrected chi connectivity index (χ2v) is 8.20. The monoisotopic (exact) mass is 465 g/mol. The molecule has 2 aliphatic rings. The highest BCUT2D eigenvalue weighted by Gasteiger charge is 2.46. The maximum atomic E-state index is 14.8. The van der Waals surface area contributed by atoms with Gasteiger partial charge in [0.1, 0.15) is 34.7 Å². The van der Waals surface area contributed by atoms with Gasteiger partial charge in [0.15, 0.2) is 11.6 Å². The van der Waals surface area contributed by atoms with E-state index in [4.69, 9.17) is 16.3 Å². The molecule has 5 rings (SSSR count). The molecule has 32 heavy (non-hydrogen) atoms. The van der Waals surface area contributed by atoms with Crippen LogP contribution in [0.15, 0.2) is 24.7 Å². The molecule has 3 aromatic rings. The molecule has 168 valence electrons. The molecule has 3 heterocycles. The summed E-state index contributed by atoms with van der Waals surface area (Å²) < 4.78 is 44.4. The molecular formula is C20H19ClF3N7O. The summed E-state index contributed by atoms with van der Waals surface area (Å²) >= 11 is 5.97. The van der Waals surface area contributed by atoms with Crippen LogP contribution in [-0.4, -0.2) is 58.1 Å². The van der Waals surface area contributed by atoms with E-state index in [2.05, 4.69) is 35.5 Å². The van der Waals surface area contributed by atoms with Gasteiger partial charge in [0.2, 0.25) is 5.95 Å². The summed E-state index contributed by atoms with van der Waals surface area (Å²) in [6, 6.07) is 2.65. The fourth-order valence-corrected chi connectivity index (χ4v) is 3.94. The van der Waals surface area contributed by atoms with Crippen molar-refractivity contribution in [2.75, 3.05) is 36.5 Å². The Hall–Kier alpha value is -2.92. The highest BCUT2D eigenvalue weighted by molar-refractivity contribution is 6.32. The predicted octanol–water partition coefficient (Wildman–Crippen LogP) is 3.54. The smallest absolute Gasteiger partial charge is 0.272 e. The lowest BCUT2D eigenvalue weighted by atomic mass is 10.2. The van der Waals surface area contributed by atoms with Crippen LogP contribution in [0.5, 0.6) is 5.75 Å². The van der Waals surface area contributed by atoms with Crippen LogP contribution in [0.1, 0.15) is 12.8 Å². The first-order chi connectivity index (χ1) is 15.4. The van der Waals surface area contributed by atoms with Crippen molar-refractivity contribution < 1.29 is 17.9 Å². The second kappa shape index (κ2) is 8.21. The maximum absolute atomic E-state index is 14.8. The Morgan fingerprint density at radius 1 is 1.25 bits per heavy atom. The van der Waals surface area contributed by atoms with Crippen LogP contribution < -0.4 is 20.3 Å². The Bertz CT molecular complexity index is 1160. The molecule has 2 aromatic heterocycles. The van der Waals surface area contributed by atoms with E-state index in [0.717, 1.165) is 32.5 Å². The summed E-state index contributed by atoms with van der Waals surface area (Å²) in [6.07, 6.45) is 2.49. The van der Waals surface area contributed by atoms with Gasteiger partial charge in [-0.3, -0.25) is 0 Å². The summed E-state index contributed by atoms with van der Waals surface area (Å²) in [6.45, 7) is 1.56. The fourth-order valence-electron chi connectivity index (χ4n) is 3.72. The number of anilines is 3. The van der Waals surface area contributed by atoms with E-state index in [1.807, 2.05) is 0 Å². The first-order valence-electron chi connectivity index (χ1n) is 10.1. The van der Waals surface area contributed by atoms with Gasteiger partial charge in [-0.25, -0.2) is 33.1 Å². The molecule has 8 nitrogen and oxygen atoms in total. The van der Waals surface area contributed by atoms with Gasteiger partial charge >= 0.3 is 0 Å². The van der Waals surface area contributed by atoms with Crippen LogP contribution in [0.2, 0.25) is 5.02 Å². The number of rotatable bonds is 6. The molecule has 0 bridgehead atoms. The van der Waals surface area contributed by atoms with Gasteiger partial charge < -0.3 is 20.3 Å². The predicted molar refractivity (Wildman–Crippen MR) is 114 cm³/mol. The molecule has 0 radical (unpaired) electrons. The molecule has 2 N–H and O–H groups in total. The molecule has 0 amide bonds. The zero-order chi connectivity index (χ0) is 22.3. The van der Waals surface area contributed by atoms with Crippen LogP contribution in [0.4, 0.5) is 30.6 Å². The van der Waals surface area contributed by atoms with E-state index in [0.29, 0.717) is 17.0 Å². The standard InChI is InChI=1S/C20H19ClF3N7O/c21-15-13(32-8-14(22)23)2-1-11(16(15)24)29-18-17-12(26-10-27-18)7-25-19(30-17)31-6-5-28-20(9-31)3-4-20/h1-2,7,10,14,28H,3-6,8-9H2,(H,26,27,29). The number of aromatic nitrogens is 4. The van der Waals surface area contributed by atoms with Crippen LogP contribution >= 0.6 is 11.6 Å². The maximum Gasteiger partial charge on any atom is 0.272 e. The average molecular weight is 466 g/mol. The van der Waals surface area contributed by atoms with Gasteiger partial charge in [0, 0.05) is 25.2 Å². The van der Waals surface area contributed by atoms with E-state index in [9.17, 15) is 13.2 Å². The van der Waals surface area contributed by atoms with E-state index in [-0.39, 0.29) is 22.8 Å². The number of nitrogens with zero attached hydrogens (tertiary/aromatic N) is 5. The number of fused-ring (bicyclic) bond motifs is 1. The molecule has 0 atom stereocenters. The highest BCUT2D eigenvalue weighted by Crippen LogP contribution is 2.38. The number of ether oxygens (including phenoxy) is 1. The minimum atomic E-state index is -2.70. The lowest BCUT2D eigenvalue weighted by Gasteiger charge is -2.34. The van der Waals surface area contributed by atoms with Crippen molar-refractivity contribution in [2.24, 2.45) is 0 Å². The number of piperazine rings is 1. The molecule has 0 unspecified atom stereocenters. The Morgan fingerprint density at radius 3 is 2.88 bits per heavy atom. The van der Waals surface area contributed by atoms with Gasteiger partial charge in [0.05, 0.1) is 11.9 Å². The van der Waals surface area contributed by atoms with Crippen LogP contribution in [0.3, 0.4) is 0 Å². The average Bonchev–Trinajstić information content (AvgIpc) is 3.54. The van der Waals surface area contributed by atoms with Crippen molar-refractivity contribution in [1.82, 2.24) is 25.3 Å². The first kappa shape index (κ1) is 21.0. The Balaban J connectivity index is 1.43. The minimum absolute atomic E-state index is 0.00124. The number of benzene rings is 1. The third kappa shape index (κ3) is 4.09. The SMILES string of the molecule is Fc1c(Nc2ncnc3cnc(N4CCNC5(CC5)C4)nc23)ccc(OCC(F)F)c1Cl. The lowest BCUT2D eigenvalue weighted by Crippen LogP contribution is -2.53. The quantitative estimate of drug-likeness (QED) is 0.571. The zero-order valence-corrected chi connectivity index (χ0v) is 17.5. The van der Waals surface area contributed by atoms with Crippen molar-refractivity contribution in [2.45, 2.75) is 24.8 Å². The summed E-state index contributed by atoms with van der Waals surface area (Å²) in [5, 5.41) is 6.01. The summed E-state index contributed by atoms with van der Waals surface area (Å²) in [4.78, 5) is 19.6. The third-order valence-electron chi connectivity index (χ3n) is 5.54. The molecule has 1 aromatic carbocycles. The van der Waals surface area contributed by atoms with E-state index >= 15 is 0 Å². The largest absolute Gasteiger partial charge is 0.486 e. The van der Waals surface area contributed by atoms with Gasteiger partial charge in [-0.1, -0.05) is 11.6 Å². The Kier molecular flexibility index (Phi) is 5.38. The van der Waals surface area contributed by atoms with E-state index in [1.54, 1.807) is 6.20 Å². The molecule has 1 spiro atoms. The number of hydrogen-bond acceptors (Lipinski definition) is 8. The molecule has 1 saturated carbocycles. The first-order valence-corrected chi connectivity index (χ1v) is 10.5. The molecule has 1 aliphatic heterocycles. The van der Waals surface area contributed by atoms with E-state index < -0.39 is 23.9 Å². The van der Waals surface area contributed by atoms with Crippen LogP contribution in [0, 0.1) is 5.82 Å². The topological polar surface area (TPSA) is 88.1 Å². The summed E-state index contributed by atoms with van der Waals surface area (Å²) in [5.74, 6) is -0.194. The van der Waals surface area contributed by atoms with Crippen molar-refractivity contribution in [1.29, 1.82) is 0 Å². The van der Waals surface area contributed by atoms with Crippen molar-refractivity contribution in [3.05, 3.63) is 35.5 Å². The zero-order valence-electron chi connectivity index (χ0n) is 16.8. The van der Waals surface area contributed by atoms with Gasteiger partial charge in [0.25, 0.3) is 6.43 Å². The van der Waals surface area contributed by atoms with Gasteiger partial charge in [-0.05, 0) is 25.0 Å². The van der Waals surface area contributed by atoms with Crippen LogP contribution in [0.25, 0.3) is 11.0 Å². The molecule has 1 aliphatic carbocycles. The third-order valence-corrected chi connectivity index (χ3v) is 5.89. The fraction of sp³-hybridized carbons (Fsp3) is 0.400. The normalized spacial score (nSPS) is 17.2. The lowest BCUT2D eigenvalue weighted by molar-refractivity contribution is 0.0818. The highest BCUT2D eigenvalue weighted by atomic mass is 35.5. The molecule has 2 fully saturated rings.